The summed E-state index contributed by atoms with van der Waals surface area (Å²) in [4.78, 5) is 10.3. The molecule has 0 atom stereocenters. The Labute approximate surface area is 112 Å². The summed E-state index contributed by atoms with van der Waals surface area (Å²) in [5, 5.41) is 10.8. The Morgan fingerprint density at radius 1 is 1.37 bits per heavy atom. The van der Waals surface area contributed by atoms with Crippen molar-refractivity contribution in [3.05, 3.63) is 28.3 Å². The number of nitro groups is 1. The van der Waals surface area contributed by atoms with Crippen LogP contribution in [0.4, 0.5) is 5.69 Å². The lowest BCUT2D eigenvalue weighted by atomic mass is 9.96. The minimum Gasteiger partial charge on any atom is -0.492 e. The van der Waals surface area contributed by atoms with Crippen molar-refractivity contribution in [2.75, 3.05) is 13.7 Å². The summed E-state index contributed by atoms with van der Waals surface area (Å²) in [6.45, 7) is 4.37. The van der Waals surface area contributed by atoms with E-state index in [-0.39, 0.29) is 17.0 Å². The highest BCUT2D eigenvalue weighted by Gasteiger charge is 2.22. The van der Waals surface area contributed by atoms with Crippen molar-refractivity contribution < 1.29 is 14.4 Å². The highest BCUT2D eigenvalue weighted by molar-refractivity contribution is 5.50. The zero-order valence-corrected chi connectivity index (χ0v) is 11.5. The lowest BCUT2D eigenvalue weighted by Gasteiger charge is -2.26. The summed E-state index contributed by atoms with van der Waals surface area (Å²) in [7, 11) is 1.39. The average Bonchev–Trinajstić information content (AvgIpc) is 2.44. The van der Waals surface area contributed by atoms with Crippen LogP contribution in [0, 0.1) is 10.1 Å². The summed E-state index contributed by atoms with van der Waals surface area (Å²) in [6, 6.07) is 4.42. The molecule has 1 aromatic rings. The molecule has 6 heteroatoms. The van der Waals surface area contributed by atoms with Gasteiger partial charge in [0.25, 0.3) is 0 Å². The van der Waals surface area contributed by atoms with Gasteiger partial charge in [-0.1, -0.05) is 13.8 Å². The van der Waals surface area contributed by atoms with E-state index in [9.17, 15) is 10.1 Å². The molecule has 2 N–H and O–H groups in total. The van der Waals surface area contributed by atoms with Crippen LogP contribution in [-0.4, -0.2) is 24.2 Å². The molecule has 6 nitrogen and oxygen atoms in total. The molecule has 0 saturated heterocycles. The van der Waals surface area contributed by atoms with E-state index < -0.39 is 4.92 Å². The van der Waals surface area contributed by atoms with Crippen LogP contribution in [0.5, 0.6) is 11.5 Å². The lowest BCUT2D eigenvalue weighted by molar-refractivity contribution is -0.385. The maximum absolute atomic E-state index is 10.8. The van der Waals surface area contributed by atoms with Crippen LogP contribution in [0.25, 0.3) is 0 Å². The highest BCUT2D eigenvalue weighted by atomic mass is 16.6. The molecule has 1 rings (SSSR count). The zero-order valence-electron chi connectivity index (χ0n) is 11.5. The summed E-state index contributed by atoms with van der Waals surface area (Å²) in [5.74, 6) is 0.692. The van der Waals surface area contributed by atoms with Crippen LogP contribution >= 0.6 is 0 Å². The minimum absolute atomic E-state index is 0.0835. The van der Waals surface area contributed by atoms with Crippen molar-refractivity contribution >= 4 is 5.69 Å². The fourth-order valence-electron chi connectivity index (χ4n) is 1.58. The van der Waals surface area contributed by atoms with Gasteiger partial charge >= 0.3 is 5.69 Å². The topological polar surface area (TPSA) is 87.6 Å². The summed E-state index contributed by atoms with van der Waals surface area (Å²) < 4.78 is 10.6. The Morgan fingerprint density at radius 3 is 2.47 bits per heavy atom. The standard InChI is InChI=1S/C13H20N2O4/c1-4-13(14,5-2)9-19-10-6-7-11(15(16)17)12(8-10)18-3/h6-8H,4-5,9,14H2,1-3H3. The van der Waals surface area contributed by atoms with E-state index in [2.05, 4.69) is 0 Å². The van der Waals surface area contributed by atoms with Crippen molar-refractivity contribution in [2.45, 2.75) is 32.2 Å². The Kier molecular flexibility index (Phi) is 5.11. The number of nitrogens with two attached hydrogens (primary N) is 1. The number of ether oxygens (including phenoxy) is 2. The number of methoxy groups -OCH3 is 1. The van der Waals surface area contributed by atoms with Gasteiger partial charge in [-0.25, -0.2) is 0 Å². The SMILES string of the molecule is CCC(N)(CC)COc1ccc([N+](=O)[O-])c(OC)c1. The first-order valence-electron chi connectivity index (χ1n) is 6.20. The summed E-state index contributed by atoms with van der Waals surface area (Å²) in [5.41, 5.74) is 5.67. The number of hydrogen-bond acceptors (Lipinski definition) is 5. The molecule has 0 spiro atoms. The molecule has 0 aromatic heterocycles. The first-order valence-corrected chi connectivity index (χ1v) is 6.20. The Morgan fingerprint density at radius 2 is 2.00 bits per heavy atom. The Balaban J connectivity index is 2.83. The van der Waals surface area contributed by atoms with E-state index in [4.69, 9.17) is 15.2 Å². The van der Waals surface area contributed by atoms with Crippen LogP contribution in [0.2, 0.25) is 0 Å². The van der Waals surface area contributed by atoms with Gasteiger partial charge in [0, 0.05) is 17.7 Å². The Hall–Kier alpha value is -1.82. The van der Waals surface area contributed by atoms with E-state index in [1.54, 1.807) is 6.07 Å². The summed E-state index contributed by atoms with van der Waals surface area (Å²) in [6.07, 6.45) is 1.60. The number of rotatable bonds is 7. The van der Waals surface area contributed by atoms with Crippen molar-refractivity contribution in [3.63, 3.8) is 0 Å². The molecule has 106 valence electrons. The van der Waals surface area contributed by atoms with E-state index in [1.807, 2.05) is 13.8 Å². The van der Waals surface area contributed by atoms with Crippen LogP contribution in [-0.2, 0) is 0 Å². The van der Waals surface area contributed by atoms with Gasteiger partial charge in [0.05, 0.1) is 12.0 Å². The summed E-state index contributed by atoms with van der Waals surface area (Å²) >= 11 is 0. The third kappa shape index (κ3) is 3.82. The number of benzene rings is 1. The molecule has 0 saturated carbocycles. The number of nitrogens with zero attached hydrogens (tertiary/aromatic N) is 1. The van der Waals surface area contributed by atoms with Crippen LogP contribution in [0.3, 0.4) is 0 Å². The van der Waals surface area contributed by atoms with Gasteiger partial charge < -0.3 is 15.2 Å². The molecule has 1 aromatic carbocycles. The quantitative estimate of drug-likeness (QED) is 0.606. The molecule has 0 radical (unpaired) electrons. The molecular weight excluding hydrogens is 248 g/mol. The van der Waals surface area contributed by atoms with E-state index in [0.717, 1.165) is 12.8 Å². The first-order chi connectivity index (χ1) is 8.95. The molecule has 0 unspecified atom stereocenters. The van der Waals surface area contributed by atoms with Gasteiger partial charge in [-0.2, -0.15) is 0 Å². The number of hydrogen-bond donors (Lipinski definition) is 1. The fraction of sp³-hybridized carbons (Fsp3) is 0.538. The van der Waals surface area contributed by atoms with Crippen molar-refractivity contribution in [1.29, 1.82) is 0 Å². The van der Waals surface area contributed by atoms with E-state index >= 15 is 0 Å². The molecule has 0 aliphatic heterocycles. The fourth-order valence-corrected chi connectivity index (χ4v) is 1.58. The second kappa shape index (κ2) is 6.38. The van der Waals surface area contributed by atoms with Gasteiger partial charge in [0.2, 0.25) is 5.75 Å². The molecular formula is C13H20N2O4. The second-order valence-electron chi connectivity index (χ2n) is 4.45. The molecule has 0 fully saturated rings. The first kappa shape index (κ1) is 15.2. The molecule has 0 aliphatic rings. The molecule has 0 heterocycles. The predicted molar refractivity (Wildman–Crippen MR) is 72.6 cm³/mol. The third-order valence-corrected chi connectivity index (χ3v) is 3.28. The second-order valence-corrected chi connectivity index (χ2v) is 4.45. The van der Waals surface area contributed by atoms with Crippen molar-refractivity contribution in [2.24, 2.45) is 5.73 Å². The van der Waals surface area contributed by atoms with Gasteiger partial charge in [0.1, 0.15) is 12.4 Å². The predicted octanol–water partition coefficient (Wildman–Crippen LogP) is 2.50. The van der Waals surface area contributed by atoms with Gasteiger partial charge in [-0.3, -0.25) is 10.1 Å². The van der Waals surface area contributed by atoms with Gasteiger partial charge in [0.15, 0.2) is 0 Å². The molecule has 0 amide bonds. The van der Waals surface area contributed by atoms with E-state index in [1.165, 1.54) is 19.2 Å². The minimum atomic E-state index is -0.492. The largest absolute Gasteiger partial charge is 0.492 e. The molecule has 0 bridgehead atoms. The lowest BCUT2D eigenvalue weighted by Crippen LogP contribution is -2.44. The van der Waals surface area contributed by atoms with Crippen LogP contribution in [0.15, 0.2) is 18.2 Å². The third-order valence-electron chi connectivity index (χ3n) is 3.28. The number of nitro benzene ring substituents is 1. The molecule has 19 heavy (non-hydrogen) atoms. The maximum atomic E-state index is 10.8. The Bertz CT molecular complexity index is 444. The molecule has 0 aliphatic carbocycles. The van der Waals surface area contributed by atoms with Crippen LogP contribution in [0.1, 0.15) is 26.7 Å². The van der Waals surface area contributed by atoms with Crippen molar-refractivity contribution in [3.8, 4) is 11.5 Å². The zero-order chi connectivity index (χ0) is 14.5. The van der Waals surface area contributed by atoms with E-state index in [0.29, 0.717) is 12.4 Å². The van der Waals surface area contributed by atoms with Gasteiger partial charge in [-0.05, 0) is 18.9 Å². The monoisotopic (exact) mass is 268 g/mol. The van der Waals surface area contributed by atoms with Crippen molar-refractivity contribution in [1.82, 2.24) is 0 Å². The normalized spacial score (nSPS) is 11.2. The van der Waals surface area contributed by atoms with Crippen LogP contribution < -0.4 is 15.2 Å². The smallest absolute Gasteiger partial charge is 0.311 e. The highest BCUT2D eigenvalue weighted by Crippen LogP contribution is 2.31. The average molecular weight is 268 g/mol. The maximum Gasteiger partial charge on any atom is 0.311 e. The van der Waals surface area contributed by atoms with Gasteiger partial charge in [-0.15, -0.1) is 0 Å².